The SMILES string of the molecule is O=c1cnn(-c2ccc(OC(F)(F)F)cc2)c2cccc([N+](=O)[O-])c12. The van der Waals surface area contributed by atoms with E-state index < -0.39 is 22.5 Å². The first-order valence-corrected chi connectivity index (χ1v) is 6.78. The molecular formula is C15H8F3N3O4. The largest absolute Gasteiger partial charge is 0.573 e. The maximum atomic E-state index is 12.2. The smallest absolute Gasteiger partial charge is 0.406 e. The number of rotatable bonds is 3. The molecule has 0 atom stereocenters. The minimum atomic E-state index is -4.82. The Balaban J connectivity index is 2.14. The topological polar surface area (TPSA) is 87.3 Å². The molecule has 0 saturated carbocycles. The fourth-order valence-electron chi connectivity index (χ4n) is 2.34. The van der Waals surface area contributed by atoms with E-state index in [1.807, 2.05) is 0 Å². The number of hydrogen-bond acceptors (Lipinski definition) is 5. The molecule has 0 aliphatic carbocycles. The Kier molecular flexibility index (Phi) is 3.87. The van der Waals surface area contributed by atoms with Gasteiger partial charge in [-0.25, -0.2) is 4.68 Å². The van der Waals surface area contributed by atoms with Crippen LogP contribution in [0.2, 0.25) is 0 Å². The Labute approximate surface area is 137 Å². The molecule has 0 bridgehead atoms. The highest BCUT2D eigenvalue weighted by Crippen LogP contribution is 2.26. The zero-order chi connectivity index (χ0) is 18.2. The van der Waals surface area contributed by atoms with E-state index in [-0.39, 0.29) is 16.6 Å². The number of nitro benzene ring substituents is 1. The van der Waals surface area contributed by atoms with Crippen LogP contribution in [-0.2, 0) is 0 Å². The van der Waals surface area contributed by atoms with Crippen molar-refractivity contribution in [2.45, 2.75) is 6.36 Å². The lowest BCUT2D eigenvalue weighted by Crippen LogP contribution is -2.17. The molecule has 25 heavy (non-hydrogen) atoms. The second-order valence-corrected chi connectivity index (χ2v) is 4.89. The minimum Gasteiger partial charge on any atom is -0.406 e. The van der Waals surface area contributed by atoms with E-state index in [4.69, 9.17) is 0 Å². The van der Waals surface area contributed by atoms with Gasteiger partial charge in [0.1, 0.15) is 11.1 Å². The van der Waals surface area contributed by atoms with Gasteiger partial charge < -0.3 is 4.74 Å². The maximum absolute atomic E-state index is 12.2. The van der Waals surface area contributed by atoms with Crippen LogP contribution in [0.3, 0.4) is 0 Å². The number of fused-ring (bicyclic) bond motifs is 1. The molecule has 0 amide bonds. The Morgan fingerprint density at radius 2 is 1.80 bits per heavy atom. The summed E-state index contributed by atoms with van der Waals surface area (Å²) in [6.07, 6.45) is -3.90. The van der Waals surface area contributed by atoms with Gasteiger partial charge in [-0.15, -0.1) is 13.2 Å². The normalized spacial score (nSPS) is 11.5. The molecule has 2 aromatic carbocycles. The molecule has 0 fully saturated rings. The summed E-state index contributed by atoms with van der Waals surface area (Å²) < 4.78 is 41.6. The number of nitro groups is 1. The number of nitrogens with zero attached hydrogens (tertiary/aromatic N) is 3. The predicted molar refractivity (Wildman–Crippen MR) is 80.7 cm³/mol. The molecule has 0 unspecified atom stereocenters. The first-order valence-electron chi connectivity index (χ1n) is 6.78. The van der Waals surface area contributed by atoms with Crippen LogP contribution in [-0.4, -0.2) is 21.1 Å². The summed E-state index contributed by atoms with van der Waals surface area (Å²) in [6, 6.07) is 8.76. The summed E-state index contributed by atoms with van der Waals surface area (Å²) in [5, 5.41) is 14.9. The summed E-state index contributed by atoms with van der Waals surface area (Å²) in [7, 11) is 0. The second-order valence-electron chi connectivity index (χ2n) is 4.89. The van der Waals surface area contributed by atoms with Crippen molar-refractivity contribution >= 4 is 16.6 Å². The molecule has 0 radical (unpaired) electrons. The standard InChI is InChI=1S/C15H8F3N3O4/c16-15(17,18)25-10-6-4-9(5-7-10)20-11-2-1-3-12(21(23)24)14(11)13(22)8-19-20/h1-8H. The molecule has 0 aliphatic rings. The summed E-state index contributed by atoms with van der Waals surface area (Å²) in [4.78, 5) is 22.4. The molecule has 3 rings (SSSR count). The molecule has 1 aromatic heterocycles. The number of ether oxygens (including phenoxy) is 1. The molecular weight excluding hydrogens is 343 g/mol. The van der Waals surface area contributed by atoms with Gasteiger partial charge in [0, 0.05) is 6.07 Å². The first-order chi connectivity index (χ1) is 11.8. The molecule has 0 aliphatic heterocycles. The van der Waals surface area contributed by atoms with E-state index in [0.717, 1.165) is 18.3 Å². The van der Waals surface area contributed by atoms with Gasteiger partial charge in [-0.1, -0.05) is 6.07 Å². The van der Waals surface area contributed by atoms with Crippen LogP contribution in [0.5, 0.6) is 5.75 Å². The second kappa shape index (κ2) is 5.89. The average Bonchev–Trinajstić information content (AvgIpc) is 2.54. The average molecular weight is 351 g/mol. The van der Waals surface area contributed by atoms with Gasteiger partial charge in [0.2, 0.25) is 5.43 Å². The number of benzene rings is 2. The van der Waals surface area contributed by atoms with Crippen molar-refractivity contribution in [3.05, 3.63) is 69.0 Å². The molecule has 1 heterocycles. The fourth-order valence-corrected chi connectivity index (χ4v) is 2.34. The van der Waals surface area contributed by atoms with E-state index in [9.17, 15) is 28.1 Å². The van der Waals surface area contributed by atoms with Crippen molar-refractivity contribution in [3.63, 3.8) is 0 Å². The summed E-state index contributed by atoms with van der Waals surface area (Å²) in [5.41, 5.74) is -0.544. The van der Waals surface area contributed by atoms with Gasteiger partial charge in [0.15, 0.2) is 0 Å². The van der Waals surface area contributed by atoms with Crippen molar-refractivity contribution in [1.82, 2.24) is 9.78 Å². The third kappa shape index (κ3) is 3.27. The Hall–Kier alpha value is -3.43. The monoisotopic (exact) mass is 351 g/mol. The maximum Gasteiger partial charge on any atom is 0.573 e. The van der Waals surface area contributed by atoms with Gasteiger partial charge in [0.25, 0.3) is 5.69 Å². The van der Waals surface area contributed by atoms with E-state index in [0.29, 0.717) is 5.69 Å². The van der Waals surface area contributed by atoms with Crippen LogP contribution in [0.15, 0.2) is 53.5 Å². The predicted octanol–water partition coefficient (Wildman–Crippen LogP) is 3.19. The number of halogens is 3. The number of non-ortho nitro benzene ring substituents is 1. The van der Waals surface area contributed by atoms with E-state index in [1.54, 1.807) is 0 Å². The van der Waals surface area contributed by atoms with Crippen molar-refractivity contribution in [2.75, 3.05) is 0 Å². The Bertz CT molecular complexity index is 1010. The van der Waals surface area contributed by atoms with E-state index in [2.05, 4.69) is 9.84 Å². The third-order valence-electron chi connectivity index (χ3n) is 3.30. The number of alkyl halides is 3. The van der Waals surface area contributed by atoms with E-state index in [1.165, 1.54) is 35.0 Å². The molecule has 7 nitrogen and oxygen atoms in total. The van der Waals surface area contributed by atoms with Crippen LogP contribution in [0.1, 0.15) is 0 Å². The van der Waals surface area contributed by atoms with Crippen molar-refractivity contribution < 1.29 is 22.8 Å². The lowest BCUT2D eigenvalue weighted by Gasteiger charge is -2.11. The van der Waals surface area contributed by atoms with Gasteiger partial charge in [-0.3, -0.25) is 14.9 Å². The molecule has 0 N–H and O–H groups in total. The van der Waals surface area contributed by atoms with Gasteiger partial charge >= 0.3 is 6.36 Å². The van der Waals surface area contributed by atoms with Gasteiger partial charge in [0.05, 0.1) is 22.3 Å². The van der Waals surface area contributed by atoms with Crippen molar-refractivity contribution in [1.29, 1.82) is 0 Å². The van der Waals surface area contributed by atoms with Gasteiger partial charge in [-0.2, -0.15) is 5.10 Å². The van der Waals surface area contributed by atoms with Crippen LogP contribution in [0, 0.1) is 10.1 Å². The molecule has 10 heteroatoms. The first kappa shape index (κ1) is 16.4. The number of hydrogen-bond donors (Lipinski definition) is 0. The minimum absolute atomic E-state index is 0.141. The molecule has 0 saturated heterocycles. The fraction of sp³-hybridized carbons (Fsp3) is 0.0667. The quantitative estimate of drug-likeness (QED) is 0.534. The lowest BCUT2D eigenvalue weighted by molar-refractivity contribution is -0.383. The highest BCUT2D eigenvalue weighted by molar-refractivity contribution is 5.88. The third-order valence-corrected chi connectivity index (χ3v) is 3.30. The van der Waals surface area contributed by atoms with Crippen LogP contribution in [0.4, 0.5) is 18.9 Å². The van der Waals surface area contributed by atoms with Crippen molar-refractivity contribution in [3.8, 4) is 11.4 Å². The lowest BCUT2D eigenvalue weighted by atomic mass is 10.2. The van der Waals surface area contributed by atoms with E-state index >= 15 is 0 Å². The van der Waals surface area contributed by atoms with Crippen LogP contribution in [0.25, 0.3) is 16.6 Å². The van der Waals surface area contributed by atoms with Gasteiger partial charge in [-0.05, 0) is 30.3 Å². The highest BCUT2D eigenvalue weighted by Gasteiger charge is 2.31. The summed E-state index contributed by atoms with van der Waals surface area (Å²) >= 11 is 0. The van der Waals surface area contributed by atoms with Crippen LogP contribution < -0.4 is 10.2 Å². The summed E-state index contributed by atoms with van der Waals surface area (Å²) in [6.45, 7) is 0. The molecule has 3 aromatic rings. The highest BCUT2D eigenvalue weighted by atomic mass is 19.4. The number of aromatic nitrogens is 2. The Morgan fingerprint density at radius 3 is 2.40 bits per heavy atom. The van der Waals surface area contributed by atoms with Crippen molar-refractivity contribution in [2.24, 2.45) is 0 Å². The molecule has 0 spiro atoms. The van der Waals surface area contributed by atoms with Crippen LogP contribution >= 0.6 is 0 Å². The summed E-state index contributed by atoms with van der Waals surface area (Å²) in [5.74, 6) is -0.424. The zero-order valence-electron chi connectivity index (χ0n) is 12.2. The molecule has 128 valence electrons. The zero-order valence-corrected chi connectivity index (χ0v) is 12.2. The Morgan fingerprint density at radius 1 is 1.12 bits per heavy atom.